The molecule has 39 heavy (non-hydrogen) atoms. The van der Waals surface area contributed by atoms with E-state index in [0.717, 1.165) is 86.7 Å². The average Bonchev–Trinajstić information content (AvgIpc) is 3.30. The zero-order valence-corrected chi connectivity index (χ0v) is 24.0. The van der Waals surface area contributed by atoms with Gasteiger partial charge in [0.2, 0.25) is 10.0 Å². The number of nitrogens with zero attached hydrogens (tertiary/aromatic N) is 4. The number of fused-ring (bicyclic) bond motifs is 1. The Labute approximate surface area is 236 Å². The molecule has 0 unspecified atom stereocenters. The Balaban J connectivity index is 1.38. The van der Waals surface area contributed by atoms with Crippen LogP contribution in [0.5, 0.6) is 0 Å². The largest absolute Gasteiger partial charge is 0.379 e. The summed E-state index contributed by atoms with van der Waals surface area (Å²) < 4.78 is 33.9. The highest BCUT2D eigenvalue weighted by molar-refractivity contribution is 7.88. The van der Waals surface area contributed by atoms with Crippen molar-refractivity contribution in [2.45, 2.75) is 38.8 Å². The van der Waals surface area contributed by atoms with Crippen LogP contribution in [0.1, 0.15) is 35.2 Å². The van der Waals surface area contributed by atoms with E-state index in [-0.39, 0.29) is 0 Å². The van der Waals surface area contributed by atoms with Gasteiger partial charge in [-0.2, -0.15) is 9.40 Å². The standard InChI is InChI=1S/C30H35ClN4O3S/c1-39(36,37)34-17-14-29-27(23-34)30(32-35(29)16-7-15-33-18-20-38-21-19-33)26-12-13-28(31)25(22-26)11-6-5-10-24-8-3-2-4-9-24/h2-4,8-9,12-13,22H,5,7,10,14-21,23H2,1H3. The van der Waals surface area contributed by atoms with Crippen molar-refractivity contribution in [2.75, 3.05) is 45.6 Å². The molecule has 0 bridgehead atoms. The van der Waals surface area contributed by atoms with Gasteiger partial charge in [0, 0.05) is 74.5 Å². The molecule has 0 aliphatic carbocycles. The Hall–Kier alpha value is -2.67. The van der Waals surface area contributed by atoms with E-state index in [9.17, 15) is 8.42 Å². The minimum atomic E-state index is -3.31. The van der Waals surface area contributed by atoms with Gasteiger partial charge in [0.25, 0.3) is 0 Å². The van der Waals surface area contributed by atoms with Crippen LogP contribution in [0.2, 0.25) is 5.02 Å². The molecule has 3 heterocycles. The van der Waals surface area contributed by atoms with Crippen LogP contribution in [0, 0.1) is 11.8 Å². The number of halogens is 1. The van der Waals surface area contributed by atoms with Crippen LogP contribution in [-0.4, -0.2) is 73.1 Å². The van der Waals surface area contributed by atoms with Crippen molar-refractivity contribution < 1.29 is 13.2 Å². The molecule has 0 radical (unpaired) electrons. The van der Waals surface area contributed by atoms with Crippen LogP contribution in [0.3, 0.4) is 0 Å². The maximum atomic E-state index is 12.4. The molecule has 1 fully saturated rings. The van der Waals surface area contributed by atoms with E-state index in [0.29, 0.717) is 24.5 Å². The summed E-state index contributed by atoms with van der Waals surface area (Å²) in [4.78, 5) is 2.42. The Morgan fingerprint density at radius 2 is 1.85 bits per heavy atom. The monoisotopic (exact) mass is 566 g/mol. The van der Waals surface area contributed by atoms with Crippen LogP contribution >= 0.6 is 11.6 Å². The fourth-order valence-corrected chi connectivity index (χ4v) is 6.16. The number of aryl methyl sites for hydroxylation is 2. The lowest BCUT2D eigenvalue weighted by molar-refractivity contribution is 0.0368. The van der Waals surface area contributed by atoms with Crippen molar-refractivity contribution in [3.8, 4) is 23.1 Å². The number of benzene rings is 2. The number of morpholine rings is 1. The lowest BCUT2D eigenvalue weighted by atomic mass is 10.0. The van der Waals surface area contributed by atoms with Crippen molar-refractivity contribution in [3.05, 3.63) is 75.9 Å². The van der Waals surface area contributed by atoms with Gasteiger partial charge in [0.15, 0.2) is 0 Å². The first-order chi connectivity index (χ1) is 18.9. The first-order valence-corrected chi connectivity index (χ1v) is 15.8. The molecule has 3 aromatic rings. The fraction of sp³-hybridized carbons (Fsp3) is 0.433. The maximum absolute atomic E-state index is 12.4. The number of rotatable bonds is 8. The van der Waals surface area contributed by atoms with E-state index < -0.39 is 10.0 Å². The van der Waals surface area contributed by atoms with Gasteiger partial charge in [-0.25, -0.2) is 8.42 Å². The smallest absolute Gasteiger partial charge is 0.211 e. The number of hydrogen-bond donors (Lipinski definition) is 0. The lowest BCUT2D eigenvalue weighted by Gasteiger charge is -2.27. The van der Waals surface area contributed by atoms with E-state index in [4.69, 9.17) is 21.4 Å². The van der Waals surface area contributed by atoms with Gasteiger partial charge in [0.05, 0.1) is 30.2 Å². The summed E-state index contributed by atoms with van der Waals surface area (Å²) in [6.07, 6.45) is 4.51. The molecule has 2 aliphatic rings. The fourth-order valence-electron chi connectivity index (χ4n) is 5.21. The predicted octanol–water partition coefficient (Wildman–Crippen LogP) is 4.23. The Morgan fingerprint density at radius 1 is 1.05 bits per heavy atom. The second kappa shape index (κ2) is 12.7. The van der Waals surface area contributed by atoms with E-state index >= 15 is 0 Å². The first-order valence-electron chi connectivity index (χ1n) is 13.5. The summed E-state index contributed by atoms with van der Waals surface area (Å²) in [6.45, 7) is 6.09. The zero-order chi connectivity index (χ0) is 27.2. The van der Waals surface area contributed by atoms with Crippen molar-refractivity contribution in [2.24, 2.45) is 0 Å². The summed E-state index contributed by atoms with van der Waals surface area (Å²) in [5.41, 5.74) is 5.83. The Bertz CT molecular complexity index is 1450. The van der Waals surface area contributed by atoms with Gasteiger partial charge in [0.1, 0.15) is 0 Å². The van der Waals surface area contributed by atoms with Crippen molar-refractivity contribution in [1.82, 2.24) is 19.0 Å². The highest BCUT2D eigenvalue weighted by Crippen LogP contribution is 2.33. The molecule has 2 aliphatic heterocycles. The number of aromatic nitrogens is 2. The third-order valence-electron chi connectivity index (χ3n) is 7.36. The molecular weight excluding hydrogens is 532 g/mol. The third kappa shape index (κ3) is 7.10. The van der Waals surface area contributed by atoms with Gasteiger partial charge in [-0.3, -0.25) is 9.58 Å². The van der Waals surface area contributed by atoms with Crippen LogP contribution in [0.15, 0.2) is 48.5 Å². The van der Waals surface area contributed by atoms with Crippen LogP contribution in [0.4, 0.5) is 0 Å². The van der Waals surface area contributed by atoms with Gasteiger partial charge >= 0.3 is 0 Å². The number of sulfonamides is 1. The molecular formula is C30H35ClN4O3S. The number of hydrogen-bond acceptors (Lipinski definition) is 5. The summed E-state index contributed by atoms with van der Waals surface area (Å²) in [5, 5.41) is 5.63. The van der Waals surface area contributed by atoms with E-state index in [1.54, 1.807) is 4.31 Å². The topological polar surface area (TPSA) is 67.7 Å². The van der Waals surface area contributed by atoms with Crippen LogP contribution < -0.4 is 0 Å². The quantitative estimate of drug-likeness (QED) is 0.382. The first kappa shape index (κ1) is 27.9. The second-order valence-corrected chi connectivity index (χ2v) is 12.5. The summed E-state index contributed by atoms with van der Waals surface area (Å²) >= 11 is 6.52. The Morgan fingerprint density at radius 3 is 2.62 bits per heavy atom. The van der Waals surface area contributed by atoms with Gasteiger partial charge in [-0.05, 0) is 30.5 Å². The summed E-state index contributed by atoms with van der Waals surface area (Å²) in [5.74, 6) is 6.51. The van der Waals surface area contributed by atoms with E-state index in [1.165, 1.54) is 11.8 Å². The zero-order valence-electron chi connectivity index (χ0n) is 22.4. The minimum absolute atomic E-state index is 0.327. The highest BCUT2D eigenvalue weighted by atomic mass is 35.5. The van der Waals surface area contributed by atoms with Crippen molar-refractivity contribution in [3.63, 3.8) is 0 Å². The SMILES string of the molecule is CS(=O)(=O)N1CCc2c(c(-c3ccc(Cl)c(C#CCCc4ccccc4)c3)nn2CCCN2CCOCC2)C1. The molecule has 0 N–H and O–H groups in total. The molecule has 1 saturated heterocycles. The molecule has 206 valence electrons. The summed E-state index contributed by atoms with van der Waals surface area (Å²) in [7, 11) is -3.31. The predicted molar refractivity (Wildman–Crippen MR) is 155 cm³/mol. The number of ether oxygens (including phenoxy) is 1. The van der Waals surface area contributed by atoms with Crippen LogP contribution in [0.25, 0.3) is 11.3 Å². The maximum Gasteiger partial charge on any atom is 0.211 e. The molecule has 0 saturated carbocycles. The van der Waals surface area contributed by atoms with Crippen molar-refractivity contribution >= 4 is 21.6 Å². The van der Waals surface area contributed by atoms with Gasteiger partial charge < -0.3 is 4.74 Å². The van der Waals surface area contributed by atoms with E-state index in [2.05, 4.69) is 33.6 Å². The van der Waals surface area contributed by atoms with Gasteiger partial charge in [-0.15, -0.1) is 0 Å². The van der Waals surface area contributed by atoms with E-state index in [1.807, 2.05) is 36.4 Å². The third-order valence-corrected chi connectivity index (χ3v) is 8.94. The molecule has 2 aromatic carbocycles. The summed E-state index contributed by atoms with van der Waals surface area (Å²) in [6, 6.07) is 16.1. The highest BCUT2D eigenvalue weighted by Gasteiger charge is 2.30. The molecule has 9 heteroatoms. The lowest BCUT2D eigenvalue weighted by Crippen LogP contribution is -2.37. The average molecular weight is 567 g/mol. The van der Waals surface area contributed by atoms with Gasteiger partial charge in [-0.1, -0.05) is 59.8 Å². The Kier molecular flexibility index (Phi) is 9.06. The van der Waals surface area contributed by atoms with Crippen LogP contribution in [-0.2, 0) is 40.7 Å². The second-order valence-electron chi connectivity index (χ2n) is 10.1. The normalized spacial score (nSPS) is 16.5. The molecule has 1 aromatic heterocycles. The minimum Gasteiger partial charge on any atom is -0.379 e. The molecule has 7 nitrogen and oxygen atoms in total. The molecule has 0 amide bonds. The van der Waals surface area contributed by atoms with Crippen molar-refractivity contribution in [1.29, 1.82) is 0 Å². The molecule has 0 atom stereocenters. The molecule has 0 spiro atoms. The molecule has 5 rings (SSSR count).